The lowest BCUT2D eigenvalue weighted by Gasteiger charge is -2.03. The highest BCUT2D eigenvalue weighted by Gasteiger charge is 2.04. The molecule has 0 aliphatic heterocycles. The van der Waals surface area contributed by atoms with Gasteiger partial charge in [0.1, 0.15) is 5.75 Å². The van der Waals surface area contributed by atoms with Crippen molar-refractivity contribution in [1.29, 1.82) is 0 Å². The van der Waals surface area contributed by atoms with E-state index in [2.05, 4.69) is 45.2 Å². The molecule has 0 amide bonds. The monoisotopic (exact) mass is 390 g/mol. The number of aliphatic hydroxyl groups excluding tert-OH is 1. The molecule has 0 aliphatic carbocycles. The van der Waals surface area contributed by atoms with Gasteiger partial charge in [0, 0.05) is 6.61 Å². The van der Waals surface area contributed by atoms with Gasteiger partial charge in [-0.05, 0) is 69.3 Å². The highest BCUT2D eigenvalue weighted by atomic mass is 127. The van der Waals surface area contributed by atoms with E-state index in [1.165, 1.54) is 0 Å². The van der Waals surface area contributed by atoms with Crippen LogP contribution in [0.2, 0.25) is 0 Å². The van der Waals surface area contributed by atoms with Crippen LogP contribution in [0.25, 0.3) is 0 Å². The molecule has 0 saturated carbocycles. The van der Waals surface area contributed by atoms with Crippen LogP contribution in [0, 0.1) is 7.14 Å². The van der Waals surface area contributed by atoms with Crippen molar-refractivity contribution in [2.45, 2.75) is 6.42 Å². The van der Waals surface area contributed by atoms with Gasteiger partial charge in [-0.3, -0.25) is 0 Å². The van der Waals surface area contributed by atoms with E-state index < -0.39 is 0 Å². The molecule has 0 aliphatic rings. The molecule has 0 spiro atoms. The number of aromatic hydroxyl groups is 1. The van der Waals surface area contributed by atoms with E-state index in [9.17, 15) is 5.11 Å². The molecular weight excluding hydrogens is 382 g/mol. The van der Waals surface area contributed by atoms with Gasteiger partial charge in [-0.1, -0.05) is 0 Å². The number of rotatable bonds is 2. The first-order valence-corrected chi connectivity index (χ1v) is 5.58. The van der Waals surface area contributed by atoms with Crippen LogP contribution in [0.1, 0.15) is 5.56 Å². The molecule has 0 saturated heterocycles. The lowest BCUT2D eigenvalue weighted by atomic mass is 10.1. The molecule has 4 heteroatoms. The molecule has 2 N–H and O–H groups in total. The number of aliphatic hydroxyl groups is 1. The summed E-state index contributed by atoms with van der Waals surface area (Å²) >= 11 is 4.16. The molecule has 0 heterocycles. The number of hydrogen-bond donors (Lipinski definition) is 2. The van der Waals surface area contributed by atoms with Crippen molar-refractivity contribution in [3.8, 4) is 5.75 Å². The van der Waals surface area contributed by atoms with E-state index in [1.807, 2.05) is 12.1 Å². The molecule has 1 aromatic carbocycles. The Kier molecular flexibility index (Phi) is 4.04. The van der Waals surface area contributed by atoms with Gasteiger partial charge in [-0.25, -0.2) is 0 Å². The highest BCUT2D eigenvalue weighted by Crippen LogP contribution is 2.27. The number of phenols is 1. The molecule has 0 bridgehead atoms. The summed E-state index contributed by atoms with van der Waals surface area (Å²) in [6, 6.07) is 3.77. The fraction of sp³-hybridized carbons (Fsp3) is 0.250. The van der Waals surface area contributed by atoms with Crippen LogP contribution in [0.3, 0.4) is 0 Å². The van der Waals surface area contributed by atoms with Crippen LogP contribution in [0.4, 0.5) is 0 Å². The third kappa shape index (κ3) is 2.46. The fourth-order valence-electron chi connectivity index (χ4n) is 0.891. The Morgan fingerprint density at radius 2 is 1.67 bits per heavy atom. The second-order valence-electron chi connectivity index (χ2n) is 2.38. The Morgan fingerprint density at radius 3 is 2.08 bits per heavy atom. The lowest BCUT2D eigenvalue weighted by Crippen LogP contribution is -1.92. The lowest BCUT2D eigenvalue weighted by molar-refractivity contribution is 0.299. The first-order valence-electron chi connectivity index (χ1n) is 3.43. The van der Waals surface area contributed by atoms with Gasteiger partial charge < -0.3 is 10.2 Å². The SMILES string of the molecule is OCCc1cc(I)c(O)c(I)c1. The van der Waals surface area contributed by atoms with Crippen molar-refractivity contribution >= 4 is 45.2 Å². The first kappa shape index (κ1) is 10.5. The first-order chi connectivity index (χ1) is 5.65. The van der Waals surface area contributed by atoms with Crippen LogP contribution >= 0.6 is 45.2 Å². The topological polar surface area (TPSA) is 40.5 Å². The normalized spacial score (nSPS) is 10.2. The predicted octanol–water partition coefficient (Wildman–Crippen LogP) is 2.14. The van der Waals surface area contributed by atoms with Crippen LogP contribution in [-0.4, -0.2) is 16.8 Å². The largest absolute Gasteiger partial charge is 0.506 e. The zero-order valence-corrected chi connectivity index (χ0v) is 10.5. The number of hydrogen-bond acceptors (Lipinski definition) is 2. The van der Waals surface area contributed by atoms with Gasteiger partial charge in [0.05, 0.1) is 7.14 Å². The van der Waals surface area contributed by atoms with Crippen molar-refractivity contribution in [3.63, 3.8) is 0 Å². The van der Waals surface area contributed by atoms with Crippen molar-refractivity contribution in [1.82, 2.24) is 0 Å². The molecule has 12 heavy (non-hydrogen) atoms. The molecule has 0 atom stereocenters. The molecule has 0 radical (unpaired) electrons. The van der Waals surface area contributed by atoms with E-state index >= 15 is 0 Å². The maximum atomic E-state index is 9.42. The smallest absolute Gasteiger partial charge is 0.142 e. The van der Waals surface area contributed by atoms with Crippen LogP contribution in [0.5, 0.6) is 5.75 Å². The maximum absolute atomic E-state index is 9.42. The standard InChI is InChI=1S/C8H8I2O2/c9-6-3-5(1-2-11)4-7(10)8(6)12/h3-4,11-12H,1-2H2. The number of halogens is 2. The Labute approximate surface area is 98.3 Å². The quantitative estimate of drug-likeness (QED) is 0.761. The van der Waals surface area contributed by atoms with Gasteiger partial charge in [0.2, 0.25) is 0 Å². The van der Waals surface area contributed by atoms with Gasteiger partial charge >= 0.3 is 0 Å². The molecule has 66 valence electrons. The van der Waals surface area contributed by atoms with Crippen LogP contribution in [0.15, 0.2) is 12.1 Å². The van der Waals surface area contributed by atoms with Crippen molar-refractivity contribution in [2.75, 3.05) is 6.61 Å². The van der Waals surface area contributed by atoms with Crippen molar-refractivity contribution < 1.29 is 10.2 Å². The third-order valence-corrected chi connectivity index (χ3v) is 3.12. The zero-order valence-electron chi connectivity index (χ0n) is 6.22. The Hall–Kier alpha value is 0.440. The summed E-state index contributed by atoms with van der Waals surface area (Å²) in [7, 11) is 0. The summed E-state index contributed by atoms with van der Waals surface area (Å²) in [5, 5.41) is 18.1. The predicted molar refractivity (Wildman–Crippen MR) is 64.3 cm³/mol. The molecule has 2 nitrogen and oxygen atoms in total. The van der Waals surface area contributed by atoms with E-state index in [-0.39, 0.29) is 6.61 Å². The molecule has 0 aromatic heterocycles. The second-order valence-corrected chi connectivity index (χ2v) is 4.71. The Bertz CT molecular complexity index is 263. The Morgan fingerprint density at radius 1 is 1.17 bits per heavy atom. The van der Waals surface area contributed by atoms with E-state index in [4.69, 9.17) is 5.11 Å². The summed E-state index contributed by atoms with van der Waals surface area (Å²) in [5.74, 6) is 0.331. The van der Waals surface area contributed by atoms with E-state index in [0.29, 0.717) is 12.2 Å². The summed E-state index contributed by atoms with van der Waals surface area (Å²) < 4.78 is 1.67. The summed E-state index contributed by atoms with van der Waals surface area (Å²) in [5.41, 5.74) is 1.06. The minimum atomic E-state index is 0.150. The summed E-state index contributed by atoms with van der Waals surface area (Å²) in [6.45, 7) is 0.150. The summed E-state index contributed by atoms with van der Waals surface area (Å²) in [4.78, 5) is 0. The van der Waals surface area contributed by atoms with E-state index in [0.717, 1.165) is 12.7 Å². The zero-order chi connectivity index (χ0) is 9.14. The van der Waals surface area contributed by atoms with Gasteiger partial charge in [0.25, 0.3) is 0 Å². The van der Waals surface area contributed by atoms with Gasteiger partial charge in [0.15, 0.2) is 0 Å². The summed E-state index contributed by atoms with van der Waals surface area (Å²) in [6.07, 6.45) is 0.645. The number of benzene rings is 1. The van der Waals surface area contributed by atoms with Gasteiger partial charge in [-0.2, -0.15) is 0 Å². The van der Waals surface area contributed by atoms with Crippen molar-refractivity contribution in [2.24, 2.45) is 0 Å². The third-order valence-electron chi connectivity index (χ3n) is 1.48. The second kappa shape index (κ2) is 4.61. The van der Waals surface area contributed by atoms with Crippen LogP contribution in [-0.2, 0) is 6.42 Å². The highest BCUT2D eigenvalue weighted by molar-refractivity contribution is 14.1. The van der Waals surface area contributed by atoms with Crippen LogP contribution < -0.4 is 0 Å². The molecule has 0 unspecified atom stereocenters. The maximum Gasteiger partial charge on any atom is 0.142 e. The molecule has 0 fully saturated rings. The Balaban J connectivity index is 3.04. The fourth-order valence-corrected chi connectivity index (χ4v) is 2.79. The van der Waals surface area contributed by atoms with Crippen molar-refractivity contribution in [3.05, 3.63) is 24.8 Å². The van der Waals surface area contributed by atoms with Gasteiger partial charge in [-0.15, -0.1) is 0 Å². The average Bonchev–Trinajstić information content (AvgIpc) is 2.01. The molecule has 1 aromatic rings. The van der Waals surface area contributed by atoms with E-state index in [1.54, 1.807) is 0 Å². The average molecular weight is 390 g/mol. The molecular formula is C8H8I2O2. The minimum Gasteiger partial charge on any atom is -0.506 e. The number of phenolic OH excluding ortho intramolecular Hbond substituents is 1. The molecule has 1 rings (SSSR count). The minimum absolute atomic E-state index is 0.150.